The molecule has 2 aliphatic heterocycles. The number of esters is 1. The highest BCUT2D eigenvalue weighted by atomic mass is 16.7. The molecule has 2 atom stereocenters. The van der Waals surface area contributed by atoms with Crippen LogP contribution in [0.5, 0.6) is 23.0 Å². The summed E-state index contributed by atoms with van der Waals surface area (Å²) >= 11 is 0. The lowest BCUT2D eigenvalue weighted by atomic mass is 9.93. The third-order valence-corrected chi connectivity index (χ3v) is 7.41. The van der Waals surface area contributed by atoms with E-state index in [1.807, 2.05) is 0 Å². The summed E-state index contributed by atoms with van der Waals surface area (Å²) in [6.45, 7) is 3.11. The molecule has 2 aliphatic rings. The Morgan fingerprint density at radius 1 is 0.756 bits per heavy atom. The predicted octanol–water partition coefficient (Wildman–Crippen LogP) is 5.95. The molecule has 0 amide bonds. The predicted molar refractivity (Wildman–Crippen MR) is 167 cm³/mol. The van der Waals surface area contributed by atoms with Gasteiger partial charge in [0.05, 0.1) is 46.4 Å². The summed E-state index contributed by atoms with van der Waals surface area (Å²) in [6, 6.07) is 10.5. The first kappa shape index (κ1) is 33.7. The number of hydrogen-bond donors (Lipinski definition) is 0. The van der Waals surface area contributed by atoms with Crippen LogP contribution in [0, 0.1) is 5.92 Å². The van der Waals surface area contributed by atoms with Crippen LogP contribution in [0.1, 0.15) is 63.0 Å². The first-order valence-corrected chi connectivity index (χ1v) is 15.4. The van der Waals surface area contributed by atoms with Crippen LogP contribution in [0.25, 0.3) is 12.2 Å². The SMILES string of the molecule is CCOC(=O)CC(C(=O)/C=C/c1ccc(OC2CCCCO2)c(OC)c1)C(=O)/C=C/c1ccc(OC2CCCCO2)c(OC)c1. The molecule has 10 heteroatoms. The molecule has 2 heterocycles. The number of methoxy groups -OCH3 is 2. The van der Waals surface area contributed by atoms with E-state index in [1.165, 1.54) is 26.4 Å². The molecule has 0 radical (unpaired) electrons. The van der Waals surface area contributed by atoms with Crippen molar-refractivity contribution in [2.75, 3.05) is 34.0 Å². The minimum Gasteiger partial charge on any atom is -0.493 e. The van der Waals surface area contributed by atoms with Gasteiger partial charge < -0.3 is 33.2 Å². The molecule has 0 aromatic heterocycles. The second-order valence-corrected chi connectivity index (χ2v) is 10.7. The van der Waals surface area contributed by atoms with Gasteiger partial charge in [-0.25, -0.2) is 0 Å². The summed E-state index contributed by atoms with van der Waals surface area (Å²) in [5.74, 6) is -0.899. The standard InChI is InChI=1S/C35H42O10/c1-4-41-33(38)23-26(27(36)15-11-24-13-17-29(31(21-24)39-2)44-34-9-5-7-19-42-34)28(37)16-12-25-14-18-30(32(22-25)40-3)45-35-10-6-8-20-43-35/h11-18,21-22,26,34-35H,4-10,19-20,23H2,1-3H3/b15-11+,16-12+. The van der Waals surface area contributed by atoms with Gasteiger partial charge in [-0.3, -0.25) is 14.4 Å². The van der Waals surface area contributed by atoms with Gasteiger partial charge in [0, 0.05) is 12.8 Å². The summed E-state index contributed by atoms with van der Waals surface area (Å²) in [6.07, 6.45) is 10.4. The van der Waals surface area contributed by atoms with E-state index in [9.17, 15) is 14.4 Å². The molecule has 0 bridgehead atoms. The van der Waals surface area contributed by atoms with E-state index in [1.54, 1.807) is 55.5 Å². The minimum atomic E-state index is -1.25. The van der Waals surface area contributed by atoms with Crippen molar-refractivity contribution in [3.05, 3.63) is 59.7 Å². The molecule has 0 spiro atoms. The normalized spacial score (nSPS) is 19.2. The molecule has 0 saturated carbocycles. The topological polar surface area (TPSA) is 116 Å². The first-order chi connectivity index (χ1) is 21.9. The van der Waals surface area contributed by atoms with Crippen molar-refractivity contribution in [3.8, 4) is 23.0 Å². The molecule has 0 N–H and O–H groups in total. The van der Waals surface area contributed by atoms with E-state index >= 15 is 0 Å². The fourth-order valence-electron chi connectivity index (χ4n) is 4.98. The van der Waals surface area contributed by atoms with Crippen molar-refractivity contribution < 1.29 is 47.5 Å². The van der Waals surface area contributed by atoms with Gasteiger partial charge >= 0.3 is 5.97 Å². The zero-order chi connectivity index (χ0) is 32.0. The average molecular weight is 623 g/mol. The second-order valence-electron chi connectivity index (χ2n) is 10.7. The number of hydrogen-bond acceptors (Lipinski definition) is 10. The van der Waals surface area contributed by atoms with Crippen molar-refractivity contribution in [1.82, 2.24) is 0 Å². The van der Waals surface area contributed by atoms with Gasteiger partial charge in [0.15, 0.2) is 47.1 Å². The van der Waals surface area contributed by atoms with Gasteiger partial charge in [0.25, 0.3) is 0 Å². The molecular weight excluding hydrogens is 580 g/mol. The largest absolute Gasteiger partial charge is 0.493 e. The van der Waals surface area contributed by atoms with Gasteiger partial charge in [-0.15, -0.1) is 0 Å². The summed E-state index contributed by atoms with van der Waals surface area (Å²) in [4.78, 5) is 38.8. The Bertz CT molecular complexity index is 1260. The molecule has 0 aliphatic carbocycles. The van der Waals surface area contributed by atoms with Gasteiger partial charge in [0.2, 0.25) is 0 Å². The zero-order valence-corrected chi connectivity index (χ0v) is 26.2. The highest BCUT2D eigenvalue weighted by molar-refractivity contribution is 6.15. The fourth-order valence-corrected chi connectivity index (χ4v) is 4.98. The Morgan fingerprint density at radius 2 is 1.24 bits per heavy atom. The summed E-state index contributed by atoms with van der Waals surface area (Å²) in [5, 5.41) is 0. The Hall–Kier alpha value is -4.15. The lowest BCUT2D eigenvalue weighted by molar-refractivity contribution is -0.147. The Morgan fingerprint density at radius 3 is 1.64 bits per heavy atom. The van der Waals surface area contributed by atoms with Crippen LogP contribution in [-0.2, 0) is 28.6 Å². The summed E-state index contributed by atoms with van der Waals surface area (Å²) < 4.78 is 39.2. The molecular formula is C35H42O10. The number of carbonyl (C=O) groups excluding carboxylic acids is 3. The Labute approximate surface area is 264 Å². The molecule has 2 aromatic rings. The van der Waals surface area contributed by atoms with Crippen LogP contribution in [0.2, 0.25) is 0 Å². The third-order valence-electron chi connectivity index (χ3n) is 7.41. The third kappa shape index (κ3) is 10.2. The van der Waals surface area contributed by atoms with E-state index in [2.05, 4.69) is 0 Å². The van der Waals surface area contributed by atoms with Crippen LogP contribution in [0.4, 0.5) is 0 Å². The monoisotopic (exact) mass is 622 g/mol. The van der Waals surface area contributed by atoms with Crippen molar-refractivity contribution in [1.29, 1.82) is 0 Å². The smallest absolute Gasteiger partial charge is 0.306 e. The maximum Gasteiger partial charge on any atom is 0.306 e. The van der Waals surface area contributed by atoms with Crippen LogP contribution in [0.15, 0.2) is 48.6 Å². The van der Waals surface area contributed by atoms with Crippen molar-refractivity contribution in [2.45, 2.75) is 64.4 Å². The van der Waals surface area contributed by atoms with Gasteiger partial charge in [-0.1, -0.05) is 24.3 Å². The molecule has 2 unspecified atom stereocenters. The molecule has 10 nitrogen and oxygen atoms in total. The van der Waals surface area contributed by atoms with E-state index in [4.69, 9.17) is 33.2 Å². The summed E-state index contributed by atoms with van der Waals surface area (Å²) in [7, 11) is 3.06. The van der Waals surface area contributed by atoms with Crippen molar-refractivity contribution in [3.63, 3.8) is 0 Å². The molecule has 2 fully saturated rings. The van der Waals surface area contributed by atoms with Crippen LogP contribution < -0.4 is 18.9 Å². The highest BCUT2D eigenvalue weighted by Gasteiger charge is 2.27. The quantitative estimate of drug-likeness (QED) is 0.134. The number of allylic oxidation sites excluding steroid dienone is 2. The van der Waals surface area contributed by atoms with Crippen LogP contribution in [0.3, 0.4) is 0 Å². The van der Waals surface area contributed by atoms with Crippen LogP contribution in [-0.4, -0.2) is 64.2 Å². The zero-order valence-electron chi connectivity index (χ0n) is 26.2. The lowest BCUT2D eigenvalue weighted by Crippen LogP contribution is -2.25. The molecule has 4 rings (SSSR count). The van der Waals surface area contributed by atoms with Crippen molar-refractivity contribution in [2.24, 2.45) is 5.92 Å². The molecule has 2 aromatic carbocycles. The first-order valence-electron chi connectivity index (χ1n) is 15.4. The van der Waals surface area contributed by atoms with E-state index < -0.39 is 23.5 Å². The number of benzene rings is 2. The average Bonchev–Trinajstić information content (AvgIpc) is 3.07. The van der Waals surface area contributed by atoms with Gasteiger partial charge in [-0.05, 0) is 80.2 Å². The molecule has 45 heavy (non-hydrogen) atoms. The fraction of sp³-hybridized carbons (Fsp3) is 0.457. The second kappa shape index (κ2) is 17.4. The van der Waals surface area contributed by atoms with Crippen LogP contribution >= 0.6 is 0 Å². The highest BCUT2D eigenvalue weighted by Crippen LogP contribution is 2.32. The van der Waals surface area contributed by atoms with E-state index in [0.717, 1.165) is 38.5 Å². The Balaban J connectivity index is 1.45. The summed E-state index contributed by atoms with van der Waals surface area (Å²) in [5.41, 5.74) is 1.31. The molecule has 242 valence electrons. The number of ether oxygens (including phenoxy) is 7. The minimum absolute atomic E-state index is 0.139. The lowest BCUT2D eigenvalue weighted by Gasteiger charge is -2.24. The van der Waals surface area contributed by atoms with Gasteiger partial charge in [-0.2, -0.15) is 0 Å². The maximum absolute atomic E-state index is 13.3. The maximum atomic E-state index is 13.3. The number of carbonyl (C=O) groups is 3. The molecule has 2 saturated heterocycles. The van der Waals surface area contributed by atoms with E-state index in [-0.39, 0.29) is 25.6 Å². The van der Waals surface area contributed by atoms with Gasteiger partial charge in [0.1, 0.15) is 0 Å². The van der Waals surface area contributed by atoms with Crippen molar-refractivity contribution >= 4 is 29.7 Å². The van der Waals surface area contributed by atoms with E-state index in [0.29, 0.717) is 47.3 Å². The number of ketones is 2. The Kier molecular flexibility index (Phi) is 13.0. The number of rotatable bonds is 15.